The minimum Gasteiger partial charge on any atom is -0.391 e. The number of aliphatic hydroxyl groups excluding tert-OH is 1. The van der Waals surface area contributed by atoms with E-state index < -0.39 is 10.0 Å². The zero-order chi connectivity index (χ0) is 14.0. The van der Waals surface area contributed by atoms with Crippen LogP contribution in [0.15, 0.2) is 16.3 Å². The topological polar surface area (TPSA) is 66.4 Å². The highest BCUT2D eigenvalue weighted by Crippen LogP contribution is 2.26. The first-order chi connectivity index (χ1) is 8.18. The summed E-state index contributed by atoms with van der Waals surface area (Å²) in [5.74, 6) is 0.225. The van der Waals surface area contributed by atoms with Crippen LogP contribution < -0.4 is 4.72 Å². The Morgan fingerprint density at radius 3 is 2.56 bits per heavy atom. The lowest BCUT2D eigenvalue weighted by atomic mass is 9.82. The van der Waals surface area contributed by atoms with E-state index in [2.05, 4.69) is 25.5 Å². The molecule has 0 aliphatic rings. The largest absolute Gasteiger partial charge is 0.391 e. The van der Waals surface area contributed by atoms with Crippen molar-refractivity contribution in [2.24, 2.45) is 11.3 Å². The van der Waals surface area contributed by atoms with Gasteiger partial charge in [0.1, 0.15) is 0 Å². The molecule has 0 aliphatic carbocycles. The van der Waals surface area contributed by atoms with Crippen LogP contribution in [0.4, 0.5) is 0 Å². The predicted octanol–water partition coefficient (Wildman–Crippen LogP) is 2.20. The molecule has 1 rings (SSSR count). The molecule has 18 heavy (non-hydrogen) atoms. The molecule has 104 valence electrons. The second-order valence-electron chi connectivity index (χ2n) is 5.49. The molecule has 0 spiro atoms. The number of nitrogens with one attached hydrogen (secondary N) is 1. The van der Waals surface area contributed by atoms with Crippen molar-refractivity contribution in [3.05, 3.63) is 16.3 Å². The van der Waals surface area contributed by atoms with E-state index in [0.717, 1.165) is 0 Å². The highest BCUT2D eigenvalue weighted by atomic mass is 32.2. The van der Waals surface area contributed by atoms with Gasteiger partial charge in [-0.2, -0.15) is 0 Å². The Balaban J connectivity index is 2.78. The van der Waals surface area contributed by atoms with Crippen LogP contribution in [0.1, 0.15) is 32.6 Å². The molecule has 0 saturated carbocycles. The number of hydrogen-bond donors (Lipinski definition) is 2. The molecule has 4 nitrogen and oxygen atoms in total. The Hall–Kier alpha value is -0.430. The maximum absolute atomic E-state index is 12.1. The molecule has 0 amide bonds. The number of thiophene rings is 1. The number of hydrogen-bond acceptors (Lipinski definition) is 4. The Kier molecular flexibility index (Phi) is 4.94. The van der Waals surface area contributed by atoms with E-state index >= 15 is 0 Å². The SMILES string of the molecule is CC(CNS(=O)(=O)c1ccsc1CO)C(C)(C)C. The van der Waals surface area contributed by atoms with Gasteiger partial charge in [0, 0.05) is 11.4 Å². The molecule has 0 radical (unpaired) electrons. The molecule has 0 fully saturated rings. The molecule has 6 heteroatoms. The lowest BCUT2D eigenvalue weighted by Gasteiger charge is -2.27. The smallest absolute Gasteiger partial charge is 0.241 e. The lowest BCUT2D eigenvalue weighted by molar-refractivity contribution is 0.262. The van der Waals surface area contributed by atoms with Crippen LogP contribution in [0.2, 0.25) is 0 Å². The van der Waals surface area contributed by atoms with Crippen molar-refractivity contribution in [1.82, 2.24) is 4.72 Å². The van der Waals surface area contributed by atoms with Crippen molar-refractivity contribution in [3.63, 3.8) is 0 Å². The summed E-state index contributed by atoms with van der Waals surface area (Å²) in [5.41, 5.74) is 0.0526. The predicted molar refractivity (Wildman–Crippen MR) is 74.0 cm³/mol. The van der Waals surface area contributed by atoms with E-state index in [1.165, 1.54) is 17.4 Å². The van der Waals surface area contributed by atoms with Crippen LogP contribution in [0.5, 0.6) is 0 Å². The Morgan fingerprint density at radius 1 is 1.44 bits per heavy atom. The zero-order valence-corrected chi connectivity index (χ0v) is 12.9. The van der Waals surface area contributed by atoms with Gasteiger partial charge in [-0.3, -0.25) is 0 Å². The Labute approximate surface area is 113 Å². The van der Waals surface area contributed by atoms with E-state index in [-0.39, 0.29) is 22.8 Å². The molecular formula is C12H21NO3S2. The first-order valence-corrected chi connectivity index (χ1v) is 8.21. The first kappa shape index (κ1) is 15.6. The van der Waals surface area contributed by atoms with Crippen molar-refractivity contribution in [2.75, 3.05) is 6.54 Å². The van der Waals surface area contributed by atoms with Crippen molar-refractivity contribution in [1.29, 1.82) is 0 Å². The molecule has 1 atom stereocenters. The third kappa shape index (κ3) is 3.78. The van der Waals surface area contributed by atoms with Crippen LogP contribution in [0.3, 0.4) is 0 Å². The molecular weight excluding hydrogens is 270 g/mol. The molecule has 1 aromatic heterocycles. The molecule has 0 aromatic carbocycles. The van der Waals surface area contributed by atoms with Crippen molar-refractivity contribution in [2.45, 2.75) is 39.2 Å². The highest BCUT2D eigenvalue weighted by Gasteiger charge is 2.24. The second kappa shape index (κ2) is 5.69. The monoisotopic (exact) mass is 291 g/mol. The lowest BCUT2D eigenvalue weighted by Crippen LogP contribution is -2.33. The van der Waals surface area contributed by atoms with Crippen LogP contribution in [-0.2, 0) is 16.6 Å². The van der Waals surface area contributed by atoms with E-state index in [1.807, 2.05) is 6.92 Å². The maximum Gasteiger partial charge on any atom is 0.241 e. The van der Waals surface area contributed by atoms with Gasteiger partial charge in [0.15, 0.2) is 0 Å². The first-order valence-electron chi connectivity index (χ1n) is 5.85. The Bertz CT molecular complexity index is 486. The highest BCUT2D eigenvalue weighted by molar-refractivity contribution is 7.89. The fourth-order valence-electron chi connectivity index (χ4n) is 1.30. The summed E-state index contributed by atoms with van der Waals surface area (Å²) < 4.78 is 26.8. The van der Waals surface area contributed by atoms with Crippen LogP contribution in [0.25, 0.3) is 0 Å². The Morgan fingerprint density at radius 2 is 2.06 bits per heavy atom. The summed E-state index contributed by atoms with van der Waals surface area (Å²) in [5, 5.41) is 10.8. The third-order valence-corrected chi connectivity index (χ3v) is 5.74. The molecule has 1 aromatic rings. The number of sulfonamides is 1. The quantitative estimate of drug-likeness (QED) is 0.874. The second-order valence-corrected chi connectivity index (χ2v) is 8.22. The normalized spacial score (nSPS) is 14.7. The van der Waals surface area contributed by atoms with E-state index in [1.54, 1.807) is 5.38 Å². The number of aliphatic hydroxyl groups is 1. The van der Waals surface area contributed by atoms with E-state index in [4.69, 9.17) is 5.11 Å². The van der Waals surface area contributed by atoms with Gasteiger partial charge in [-0.15, -0.1) is 11.3 Å². The molecule has 2 N–H and O–H groups in total. The van der Waals surface area contributed by atoms with Gasteiger partial charge in [0.2, 0.25) is 10.0 Å². The average Bonchev–Trinajstić information content (AvgIpc) is 2.73. The standard InChI is InChI=1S/C12H21NO3S2/c1-9(12(2,3)4)7-13-18(15,16)11-5-6-17-10(11)8-14/h5-6,9,13-14H,7-8H2,1-4H3. The van der Waals surface area contributed by atoms with E-state index in [9.17, 15) is 8.42 Å². The van der Waals surface area contributed by atoms with Crippen molar-refractivity contribution >= 4 is 21.4 Å². The van der Waals surface area contributed by atoms with Gasteiger partial charge in [-0.1, -0.05) is 27.7 Å². The summed E-state index contributed by atoms with van der Waals surface area (Å²) in [6.45, 7) is 8.40. The van der Waals surface area contributed by atoms with E-state index in [0.29, 0.717) is 11.4 Å². The van der Waals surface area contributed by atoms with Crippen LogP contribution in [-0.4, -0.2) is 20.1 Å². The van der Waals surface area contributed by atoms with Crippen LogP contribution >= 0.6 is 11.3 Å². The summed E-state index contributed by atoms with van der Waals surface area (Å²) in [7, 11) is -3.51. The minimum absolute atomic E-state index is 0.0526. The molecule has 0 saturated heterocycles. The minimum atomic E-state index is -3.51. The van der Waals surface area contributed by atoms with Crippen molar-refractivity contribution in [3.8, 4) is 0 Å². The third-order valence-electron chi connectivity index (χ3n) is 3.20. The van der Waals surface area contributed by atoms with Crippen LogP contribution in [0, 0.1) is 11.3 Å². The summed E-state index contributed by atoms with van der Waals surface area (Å²) >= 11 is 1.25. The average molecular weight is 291 g/mol. The molecule has 0 bridgehead atoms. The van der Waals surface area contributed by atoms with Gasteiger partial charge in [-0.25, -0.2) is 13.1 Å². The maximum atomic E-state index is 12.1. The molecule has 0 aliphatic heterocycles. The number of rotatable bonds is 5. The molecule has 1 heterocycles. The van der Waals surface area contributed by atoms with Crippen molar-refractivity contribution < 1.29 is 13.5 Å². The fraction of sp³-hybridized carbons (Fsp3) is 0.667. The zero-order valence-electron chi connectivity index (χ0n) is 11.2. The fourth-order valence-corrected chi connectivity index (χ4v) is 3.73. The van der Waals surface area contributed by atoms with Gasteiger partial charge < -0.3 is 5.11 Å². The summed E-state index contributed by atoms with van der Waals surface area (Å²) in [6, 6.07) is 1.53. The van der Waals surface area contributed by atoms with Gasteiger partial charge in [0.05, 0.1) is 11.5 Å². The van der Waals surface area contributed by atoms with Gasteiger partial charge >= 0.3 is 0 Å². The molecule has 1 unspecified atom stereocenters. The van der Waals surface area contributed by atoms with Gasteiger partial charge in [-0.05, 0) is 22.8 Å². The van der Waals surface area contributed by atoms with Gasteiger partial charge in [0.25, 0.3) is 0 Å². The summed E-state index contributed by atoms with van der Waals surface area (Å²) in [4.78, 5) is 0.669. The summed E-state index contributed by atoms with van der Waals surface area (Å²) in [6.07, 6.45) is 0.